The fourth-order valence-electron chi connectivity index (χ4n) is 1.90. The van der Waals surface area contributed by atoms with Gasteiger partial charge in [0.2, 0.25) is 0 Å². The normalized spacial score (nSPS) is 19.8. The van der Waals surface area contributed by atoms with Crippen molar-refractivity contribution in [3.63, 3.8) is 0 Å². The zero-order chi connectivity index (χ0) is 13.0. The molecule has 2 rings (SSSR count). The molecule has 1 aliphatic heterocycles. The molecule has 18 heavy (non-hydrogen) atoms. The van der Waals surface area contributed by atoms with Crippen LogP contribution in [0.25, 0.3) is 0 Å². The summed E-state index contributed by atoms with van der Waals surface area (Å²) in [4.78, 5) is 22.7. The molecule has 4 nitrogen and oxygen atoms in total. The van der Waals surface area contributed by atoms with E-state index >= 15 is 0 Å². The predicted molar refractivity (Wildman–Crippen MR) is 68.1 cm³/mol. The summed E-state index contributed by atoms with van der Waals surface area (Å²) < 4.78 is 5.62. The number of amides is 1. The summed E-state index contributed by atoms with van der Waals surface area (Å²) in [5.74, 6) is 0.274. The lowest BCUT2D eigenvalue weighted by Gasteiger charge is -2.17. The first-order chi connectivity index (χ1) is 8.70. The van der Waals surface area contributed by atoms with Crippen LogP contribution < -0.4 is 10.1 Å². The van der Waals surface area contributed by atoms with Gasteiger partial charge in [-0.2, -0.15) is 0 Å². The summed E-state index contributed by atoms with van der Waals surface area (Å²) in [5.41, 5.74) is 0.361. The molecule has 1 amide bonds. The first kappa shape index (κ1) is 12.9. The average molecular weight is 268 g/mol. The Hall–Kier alpha value is -1.55. The van der Waals surface area contributed by atoms with Gasteiger partial charge in [0.25, 0.3) is 5.91 Å². The molecule has 1 aromatic rings. The van der Waals surface area contributed by atoms with Crippen LogP contribution in [0.15, 0.2) is 18.2 Å². The van der Waals surface area contributed by atoms with Crippen LogP contribution in [0, 0.1) is 0 Å². The van der Waals surface area contributed by atoms with Crippen LogP contribution in [-0.4, -0.2) is 24.8 Å². The molecule has 0 bridgehead atoms. The molecule has 1 saturated heterocycles. The lowest BCUT2D eigenvalue weighted by atomic mass is 10.1. The van der Waals surface area contributed by atoms with Gasteiger partial charge in [-0.1, -0.05) is 11.6 Å². The number of hydrogen-bond donors (Lipinski definition) is 1. The van der Waals surface area contributed by atoms with Crippen molar-refractivity contribution in [3.05, 3.63) is 28.8 Å². The maximum Gasteiger partial charge on any atom is 0.261 e. The topological polar surface area (TPSA) is 55.4 Å². The van der Waals surface area contributed by atoms with Gasteiger partial charge in [0.05, 0.1) is 5.56 Å². The van der Waals surface area contributed by atoms with Crippen molar-refractivity contribution in [2.45, 2.75) is 25.4 Å². The summed E-state index contributed by atoms with van der Waals surface area (Å²) in [6.07, 6.45) is 2.68. The second kappa shape index (κ2) is 5.87. The van der Waals surface area contributed by atoms with Crippen LogP contribution >= 0.6 is 11.6 Å². The highest BCUT2D eigenvalue weighted by atomic mass is 35.5. The van der Waals surface area contributed by atoms with E-state index in [0.717, 1.165) is 12.8 Å². The number of carbonyl (C=O) groups excluding carboxylic acids is 2. The molecule has 1 unspecified atom stereocenters. The quantitative estimate of drug-likeness (QED) is 0.854. The van der Waals surface area contributed by atoms with Crippen LogP contribution in [0.4, 0.5) is 0 Å². The van der Waals surface area contributed by atoms with E-state index in [1.165, 1.54) is 6.07 Å². The number of carbonyl (C=O) groups is 2. The van der Waals surface area contributed by atoms with E-state index in [9.17, 15) is 9.59 Å². The van der Waals surface area contributed by atoms with Gasteiger partial charge in [-0.05, 0) is 37.5 Å². The standard InChI is InChI=1S/C13H14ClNO3/c14-10-4-5-11(9(7-10)8-16)18-12-3-1-2-6-15-13(12)17/h4-5,7-8,12H,1-3,6H2,(H,15,17). The average Bonchev–Trinajstić information content (AvgIpc) is 2.57. The molecule has 1 heterocycles. The molecule has 1 fully saturated rings. The minimum atomic E-state index is -0.535. The van der Waals surface area contributed by atoms with Crippen molar-refractivity contribution >= 4 is 23.8 Å². The Morgan fingerprint density at radius 2 is 2.22 bits per heavy atom. The van der Waals surface area contributed by atoms with Gasteiger partial charge in [0.1, 0.15) is 5.75 Å². The second-order valence-electron chi connectivity index (χ2n) is 4.19. The zero-order valence-electron chi connectivity index (χ0n) is 9.82. The molecule has 1 atom stereocenters. The molecular weight excluding hydrogens is 254 g/mol. The summed E-state index contributed by atoms with van der Waals surface area (Å²) >= 11 is 5.80. The molecule has 5 heteroatoms. The third kappa shape index (κ3) is 3.01. The number of benzene rings is 1. The van der Waals surface area contributed by atoms with Crippen molar-refractivity contribution in [1.29, 1.82) is 0 Å². The fourth-order valence-corrected chi connectivity index (χ4v) is 2.08. The van der Waals surface area contributed by atoms with Crippen molar-refractivity contribution in [3.8, 4) is 5.75 Å². The molecule has 0 aliphatic carbocycles. The van der Waals surface area contributed by atoms with Crippen molar-refractivity contribution < 1.29 is 14.3 Å². The largest absolute Gasteiger partial charge is 0.480 e. The Morgan fingerprint density at radius 3 is 3.00 bits per heavy atom. The third-order valence-electron chi connectivity index (χ3n) is 2.85. The SMILES string of the molecule is O=Cc1cc(Cl)ccc1OC1CCCCNC1=O. The first-order valence-electron chi connectivity index (χ1n) is 5.90. The summed E-state index contributed by atoms with van der Waals surface area (Å²) in [6, 6.07) is 4.78. The van der Waals surface area contributed by atoms with Crippen LogP contribution in [0.5, 0.6) is 5.75 Å². The Kier molecular flexibility index (Phi) is 4.20. The molecule has 0 radical (unpaired) electrons. The Labute approximate surface area is 110 Å². The number of aldehydes is 1. The van der Waals surface area contributed by atoms with Crippen LogP contribution in [-0.2, 0) is 4.79 Å². The van der Waals surface area contributed by atoms with E-state index in [4.69, 9.17) is 16.3 Å². The highest BCUT2D eigenvalue weighted by Gasteiger charge is 2.23. The Balaban J connectivity index is 2.17. The zero-order valence-corrected chi connectivity index (χ0v) is 10.6. The van der Waals surface area contributed by atoms with Gasteiger partial charge >= 0.3 is 0 Å². The maximum absolute atomic E-state index is 11.7. The lowest BCUT2D eigenvalue weighted by Crippen LogP contribution is -2.36. The van der Waals surface area contributed by atoms with Crippen molar-refractivity contribution in [2.24, 2.45) is 0 Å². The number of nitrogens with one attached hydrogen (secondary N) is 1. The first-order valence-corrected chi connectivity index (χ1v) is 6.27. The predicted octanol–water partition coefficient (Wildman–Crippen LogP) is 2.20. The van der Waals surface area contributed by atoms with Crippen molar-refractivity contribution in [2.75, 3.05) is 6.54 Å². The molecular formula is C13H14ClNO3. The number of halogens is 1. The number of hydrogen-bond acceptors (Lipinski definition) is 3. The van der Waals surface area contributed by atoms with Gasteiger partial charge in [-0.15, -0.1) is 0 Å². The molecule has 1 N–H and O–H groups in total. The lowest BCUT2D eigenvalue weighted by molar-refractivity contribution is -0.127. The van der Waals surface area contributed by atoms with Gasteiger partial charge < -0.3 is 10.1 Å². The summed E-state index contributed by atoms with van der Waals surface area (Å²) in [7, 11) is 0. The maximum atomic E-state index is 11.7. The van der Waals surface area contributed by atoms with E-state index in [-0.39, 0.29) is 5.91 Å². The summed E-state index contributed by atoms with van der Waals surface area (Å²) in [6.45, 7) is 0.680. The van der Waals surface area contributed by atoms with Gasteiger partial charge in [-0.25, -0.2) is 0 Å². The smallest absolute Gasteiger partial charge is 0.261 e. The van der Waals surface area contributed by atoms with Crippen molar-refractivity contribution in [1.82, 2.24) is 5.32 Å². The van der Waals surface area contributed by atoms with E-state index < -0.39 is 6.10 Å². The molecule has 0 spiro atoms. The second-order valence-corrected chi connectivity index (χ2v) is 4.63. The molecule has 1 aliphatic rings. The molecule has 96 valence electrons. The molecule has 0 aromatic heterocycles. The van der Waals surface area contributed by atoms with E-state index in [2.05, 4.69) is 5.32 Å². The van der Waals surface area contributed by atoms with E-state index in [1.54, 1.807) is 12.1 Å². The van der Waals surface area contributed by atoms with Gasteiger partial charge in [0, 0.05) is 11.6 Å². The van der Waals surface area contributed by atoms with Crippen LogP contribution in [0.1, 0.15) is 29.6 Å². The fraction of sp³-hybridized carbons (Fsp3) is 0.385. The Bertz CT molecular complexity index is 462. The van der Waals surface area contributed by atoms with Crippen LogP contribution in [0.3, 0.4) is 0 Å². The molecule has 0 saturated carbocycles. The monoisotopic (exact) mass is 267 g/mol. The minimum Gasteiger partial charge on any atom is -0.480 e. The van der Waals surface area contributed by atoms with Gasteiger partial charge in [-0.3, -0.25) is 9.59 Å². The highest BCUT2D eigenvalue weighted by molar-refractivity contribution is 6.30. The van der Waals surface area contributed by atoms with Gasteiger partial charge in [0.15, 0.2) is 12.4 Å². The van der Waals surface area contributed by atoms with E-state index in [0.29, 0.717) is 35.6 Å². The Morgan fingerprint density at radius 1 is 1.39 bits per heavy atom. The number of rotatable bonds is 3. The third-order valence-corrected chi connectivity index (χ3v) is 3.09. The van der Waals surface area contributed by atoms with Crippen LogP contribution in [0.2, 0.25) is 5.02 Å². The minimum absolute atomic E-state index is 0.126. The highest BCUT2D eigenvalue weighted by Crippen LogP contribution is 2.23. The molecule has 1 aromatic carbocycles. The summed E-state index contributed by atoms with van der Waals surface area (Å²) in [5, 5.41) is 3.25. The van der Waals surface area contributed by atoms with E-state index in [1.807, 2.05) is 0 Å². The number of ether oxygens (including phenoxy) is 1.